The molecule has 13 nitrogen and oxygen atoms in total. The predicted molar refractivity (Wildman–Crippen MR) is 70.0 cm³/mol. The Hall–Kier alpha value is 2.05. The van der Waals surface area contributed by atoms with Crippen molar-refractivity contribution in [2.45, 2.75) is 5.78 Å². The van der Waals surface area contributed by atoms with Crippen LogP contribution in [0.1, 0.15) is 0 Å². The van der Waals surface area contributed by atoms with Crippen molar-refractivity contribution in [2.75, 3.05) is 32.7 Å². The number of hydrogen-bond acceptors (Lipinski definition) is 9. The van der Waals surface area contributed by atoms with Gasteiger partial charge >= 0.3 is 162 Å². The Labute approximate surface area is 265 Å². The van der Waals surface area contributed by atoms with E-state index in [0.717, 1.165) is 4.90 Å². The fourth-order valence-electron chi connectivity index (χ4n) is 1.82. The van der Waals surface area contributed by atoms with Crippen molar-refractivity contribution in [3.63, 3.8) is 0 Å². The monoisotopic (exact) mass is 636 g/mol. The van der Waals surface area contributed by atoms with Crippen LogP contribution in [0.5, 0.6) is 0 Å². The third kappa shape index (κ3) is 15.0. The average molecular weight is 636 g/mol. The van der Waals surface area contributed by atoms with Crippen LogP contribution in [0.25, 0.3) is 0 Å². The van der Waals surface area contributed by atoms with E-state index in [1.165, 1.54) is 0 Å². The van der Waals surface area contributed by atoms with E-state index >= 15 is 0 Å². The smallest absolute Gasteiger partial charge is 0.809 e. The summed E-state index contributed by atoms with van der Waals surface area (Å²) in [6.07, 6.45) is 0. The number of hydrogen-bond donors (Lipinski definition) is 4. The van der Waals surface area contributed by atoms with Gasteiger partial charge in [-0.1, -0.05) is 0 Å². The number of carbonyl (C=O) groups is 4. The van der Waals surface area contributed by atoms with Crippen molar-refractivity contribution >= 4 is 31.5 Å². The number of carboxylic acid groups (broad SMARTS) is 4. The van der Waals surface area contributed by atoms with E-state index in [2.05, 4.69) is 0 Å². The summed E-state index contributed by atoms with van der Waals surface area (Å²) >= 11 is 0. The molecule has 0 amide bonds. The van der Waals surface area contributed by atoms with E-state index in [0.29, 0.717) is 4.90 Å². The molecule has 0 bridgehead atoms. The summed E-state index contributed by atoms with van der Waals surface area (Å²) in [4.78, 5) is 66.2. The molecule has 16 heteroatoms. The van der Waals surface area contributed by atoms with Gasteiger partial charge in [-0.05, 0) is 7.60 Å². The largest absolute Gasteiger partial charge is 1.00 e. The molecule has 0 spiro atoms. The van der Waals surface area contributed by atoms with Gasteiger partial charge < -0.3 is 34.8 Å². The molecule has 0 fully saturated rings. The molecule has 0 rings (SSSR count). The maximum atomic E-state index is 11.1. The fraction of sp³-hybridized carbons (Fsp3) is 0.600. The van der Waals surface area contributed by atoms with E-state index in [1.807, 2.05) is 0 Å². The van der Waals surface area contributed by atoms with Crippen molar-refractivity contribution in [3.05, 3.63) is 0 Å². The topological polar surface area (TPSA) is 219 Å². The van der Waals surface area contributed by atoms with Crippen molar-refractivity contribution in [3.8, 4) is 0 Å². The summed E-state index contributed by atoms with van der Waals surface area (Å²) in [5, 5.41) is 34.9. The molecule has 1 unspecified atom stereocenters. The van der Waals surface area contributed by atoms with Crippen molar-refractivity contribution < 1.29 is 192 Å². The Morgan fingerprint density at radius 2 is 1.19 bits per heavy atom. The second-order valence-corrected chi connectivity index (χ2v) is 6.18. The maximum Gasteiger partial charge on any atom is 1.00 e. The Balaban J connectivity index is -0.00000264. The molecule has 0 saturated heterocycles. The molecular formula is C10H15Cs2N2O11P. The zero-order chi connectivity index (χ0) is 19.1. The molecule has 0 aromatic heterocycles. The predicted octanol–water partition coefficient (Wildman–Crippen LogP) is -9.82. The summed E-state index contributed by atoms with van der Waals surface area (Å²) in [7, 11) is -5.75. The maximum absolute atomic E-state index is 11.1. The van der Waals surface area contributed by atoms with Gasteiger partial charge in [0.1, 0.15) is 5.78 Å². The zero-order valence-electron chi connectivity index (χ0n) is 14.1. The van der Waals surface area contributed by atoms with Crippen LogP contribution < -0.4 is 148 Å². The summed E-state index contributed by atoms with van der Waals surface area (Å²) in [6, 6.07) is 0. The Kier molecular flexibility index (Phi) is 19.9. The average Bonchev–Trinajstić information content (AvgIpc) is 2.31. The molecule has 0 saturated carbocycles. The van der Waals surface area contributed by atoms with E-state index in [4.69, 9.17) is 20.4 Å². The van der Waals surface area contributed by atoms with Crippen molar-refractivity contribution in [2.24, 2.45) is 0 Å². The summed E-state index contributed by atoms with van der Waals surface area (Å²) < 4.78 is 11.1. The van der Waals surface area contributed by atoms with Gasteiger partial charge in [0, 0.05) is 13.1 Å². The first-order valence-corrected chi connectivity index (χ1v) is 7.82. The molecule has 26 heavy (non-hydrogen) atoms. The van der Waals surface area contributed by atoms with Crippen molar-refractivity contribution in [1.82, 2.24) is 9.80 Å². The molecule has 0 aliphatic heterocycles. The third-order valence-electron chi connectivity index (χ3n) is 2.63. The number of rotatable bonds is 12. The van der Waals surface area contributed by atoms with Gasteiger partial charge in [-0.3, -0.25) is 29.0 Å². The van der Waals surface area contributed by atoms with E-state index in [-0.39, 0.29) is 138 Å². The van der Waals surface area contributed by atoms with Crippen LogP contribution in [0.4, 0.5) is 0 Å². The zero-order valence-corrected chi connectivity index (χ0v) is 27.6. The van der Waals surface area contributed by atoms with Gasteiger partial charge in [-0.2, -0.15) is 0 Å². The van der Waals surface area contributed by atoms with Crippen LogP contribution in [0.3, 0.4) is 0 Å². The van der Waals surface area contributed by atoms with Crippen LogP contribution in [-0.4, -0.2) is 92.6 Å². The van der Waals surface area contributed by atoms with Crippen LogP contribution >= 0.6 is 7.60 Å². The molecule has 0 aliphatic carbocycles. The standard InChI is InChI=1S/C10H17N2O11P.2Cs/c13-6(14)3-11(4-7(15)16)1-2-12(5-8(17)18)9(10(19)20)24(21,22)23;;/h9H,1-5H2,(H,13,14)(H,15,16)(H,17,18)(H,19,20)(H2,21,22,23);;/q;2*+1/p-2. The molecule has 0 aromatic rings. The first-order chi connectivity index (χ1) is 10.8. The SMILES string of the molecule is O=C(O)CN(CCN(CC(=O)O)C(C(=O)O)P(=O)([O-])[O-])CC(=O)O.[Cs+].[Cs+]. The van der Waals surface area contributed by atoms with Gasteiger partial charge in [-0.15, -0.1) is 0 Å². The molecule has 4 N–H and O–H groups in total. The number of aliphatic carboxylic acids is 4. The molecule has 0 heterocycles. The fourth-order valence-corrected chi connectivity index (χ4v) is 2.69. The van der Waals surface area contributed by atoms with E-state index in [1.54, 1.807) is 0 Å². The van der Waals surface area contributed by atoms with Crippen LogP contribution in [0.15, 0.2) is 0 Å². The van der Waals surface area contributed by atoms with Gasteiger partial charge in [0.2, 0.25) is 0 Å². The van der Waals surface area contributed by atoms with Crippen LogP contribution in [-0.2, 0) is 23.7 Å². The van der Waals surface area contributed by atoms with Crippen LogP contribution in [0, 0.1) is 0 Å². The molecule has 0 aromatic carbocycles. The second kappa shape index (κ2) is 15.8. The van der Waals surface area contributed by atoms with Crippen molar-refractivity contribution in [1.29, 1.82) is 0 Å². The van der Waals surface area contributed by atoms with Gasteiger partial charge in [0.25, 0.3) is 0 Å². The normalized spacial score (nSPS) is 12.0. The summed E-state index contributed by atoms with van der Waals surface area (Å²) in [5.41, 5.74) is 0. The summed E-state index contributed by atoms with van der Waals surface area (Å²) in [6.45, 7) is -3.82. The van der Waals surface area contributed by atoms with Crippen LogP contribution in [0.2, 0.25) is 0 Å². The number of carboxylic acids is 4. The third-order valence-corrected chi connectivity index (χ3v) is 3.77. The van der Waals surface area contributed by atoms with Gasteiger partial charge in [0.05, 0.1) is 19.6 Å². The molecule has 138 valence electrons. The Morgan fingerprint density at radius 1 is 0.808 bits per heavy atom. The second-order valence-electron chi connectivity index (χ2n) is 4.61. The van der Waals surface area contributed by atoms with Gasteiger partial charge in [0.15, 0.2) is 0 Å². The first-order valence-electron chi connectivity index (χ1n) is 6.21. The minimum atomic E-state index is -5.75. The van der Waals surface area contributed by atoms with E-state index < -0.39 is 70.0 Å². The quantitative estimate of drug-likeness (QED) is 0.147. The molecule has 0 radical (unpaired) electrons. The molecular weight excluding hydrogens is 621 g/mol. The molecule has 0 aliphatic rings. The van der Waals surface area contributed by atoms with E-state index in [9.17, 15) is 33.5 Å². The minimum absolute atomic E-state index is 0. The molecule has 1 atom stereocenters. The summed E-state index contributed by atoms with van der Waals surface area (Å²) in [5.74, 6) is -9.21. The minimum Gasteiger partial charge on any atom is -0.809 e. The Morgan fingerprint density at radius 3 is 1.46 bits per heavy atom. The number of nitrogens with zero attached hydrogens (tertiary/aromatic N) is 2. The van der Waals surface area contributed by atoms with Gasteiger partial charge in [-0.25, -0.2) is 0 Å². The first kappa shape index (κ1) is 32.7. The Bertz CT molecular complexity index is 539.